The number of halogens is 1. The summed E-state index contributed by atoms with van der Waals surface area (Å²) in [7, 11) is 0. The van der Waals surface area contributed by atoms with Gasteiger partial charge in [0.2, 0.25) is 0 Å². The Morgan fingerprint density at radius 1 is 1.28 bits per heavy atom. The molecule has 0 spiro atoms. The van der Waals surface area contributed by atoms with Gasteiger partial charge in [-0.3, -0.25) is 0 Å². The summed E-state index contributed by atoms with van der Waals surface area (Å²) in [5.74, 6) is -0.435. The number of carbonyl (C=O) groups is 1. The lowest BCUT2D eigenvalue weighted by atomic mass is 9.84. The van der Waals surface area contributed by atoms with Gasteiger partial charge in [-0.25, -0.2) is 9.18 Å². The Balaban J connectivity index is 2.12. The van der Waals surface area contributed by atoms with Crippen molar-refractivity contribution in [2.75, 3.05) is 0 Å². The molecular weight excluding hydrogens is 319 g/mol. The van der Waals surface area contributed by atoms with Crippen molar-refractivity contribution in [2.45, 2.75) is 32.6 Å². The minimum Gasteiger partial charge on any atom is -0.478 e. The van der Waals surface area contributed by atoms with Crippen LogP contribution in [-0.4, -0.2) is 11.1 Å². The number of hydrogen-bond acceptors (Lipinski definition) is 2. The highest BCUT2D eigenvalue weighted by Gasteiger charge is 2.16. The van der Waals surface area contributed by atoms with E-state index in [0.29, 0.717) is 17.6 Å². The third-order valence-electron chi connectivity index (χ3n) is 4.51. The molecule has 2 aromatic carbocycles. The van der Waals surface area contributed by atoms with Crippen molar-refractivity contribution in [3.05, 3.63) is 72.1 Å². The summed E-state index contributed by atoms with van der Waals surface area (Å²) in [4.78, 5) is 10.8. The highest BCUT2D eigenvalue weighted by Crippen LogP contribution is 2.32. The van der Waals surface area contributed by atoms with Crippen LogP contribution in [0, 0.1) is 11.7 Å². The summed E-state index contributed by atoms with van der Waals surface area (Å²) in [6.45, 7) is 8.18. The zero-order valence-corrected chi connectivity index (χ0v) is 14.5. The number of allylic oxidation sites excluding steroid dienone is 1. The molecule has 0 aromatic heterocycles. The van der Waals surface area contributed by atoms with Crippen molar-refractivity contribution in [1.82, 2.24) is 0 Å². The molecule has 0 fully saturated rings. The Morgan fingerprint density at radius 2 is 1.96 bits per heavy atom. The minimum atomic E-state index is -1.17. The first-order chi connectivity index (χ1) is 12.0. The van der Waals surface area contributed by atoms with Gasteiger partial charge < -0.3 is 9.84 Å². The Hall–Kier alpha value is -2.62. The fourth-order valence-electron chi connectivity index (χ4n) is 2.89. The average Bonchev–Trinajstić information content (AvgIpc) is 2.61. The summed E-state index contributed by atoms with van der Waals surface area (Å²) in [5, 5.41) is 8.86. The Kier molecular flexibility index (Phi) is 6.34. The molecule has 0 aliphatic carbocycles. The predicted molar refractivity (Wildman–Crippen MR) is 96.9 cm³/mol. The average molecular weight is 342 g/mol. The van der Waals surface area contributed by atoms with Crippen molar-refractivity contribution in [1.29, 1.82) is 0 Å². The molecule has 4 heteroatoms. The summed E-state index contributed by atoms with van der Waals surface area (Å²) < 4.78 is 19.5. The van der Waals surface area contributed by atoms with Gasteiger partial charge >= 0.3 is 5.97 Å². The first kappa shape index (κ1) is 18.7. The van der Waals surface area contributed by atoms with Gasteiger partial charge in [0.25, 0.3) is 0 Å². The molecular formula is C21H23FO3. The molecule has 0 aliphatic rings. The van der Waals surface area contributed by atoms with E-state index in [9.17, 15) is 9.18 Å². The SMILES string of the molecule is C=CCC(CC)C(C)c1ccc(Oc2ccc(C(=O)O)cc2F)cc1. The molecule has 0 saturated carbocycles. The van der Waals surface area contributed by atoms with Crippen LogP contribution in [-0.2, 0) is 0 Å². The van der Waals surface area contributed by atoms with Crippen LogP contribution < -0.4 is 4.74 Å². The molecule has 2 unspecified atom stereocenters. The zero-order valence-electron chi connectivity index (χ0n) is 14.5. The molecule has 0 saturated heterocycles. The third kappa shape index (κ3) is 4.69. The molecule has 0 radical (unpaired) electrons. The fourth-order valence-corrected chi connectivity index (χ4v) is 2.89. The van der Waals surface area contributed by atoms with Crippen LogP contribution in [0.5, 0.6) is 11.5 Å². The third-order valence-corrected chi connectivity index (χ3v) is 4.51. The topological polar surface area (TPSA) is 46.5 Å². The first-order valence-corrected chi connectivity index (χ1v) is 8.37. The second-order valence-corrected chi connectivity index (χ2v) is 6.10. The second-order valence-electron chi connectivity index (χ2n) is 6.10. The monoisotopic (exact) mass is 342 g/mol. The molecule has 2 aromatic rings. The number of hydrogen-bond donors (Lipinski definition) is 1. The van der Waals surface area contributed by atoms with E-state index in [1.165, 1.54) is 17.7 Å². The van der Waals surface area contributed by atoms with Crippen LogP contribution in [0.3, 0.4) is 0 Å². The lowest BCUT2D eigenvalue weighted by molar-refractivity contribution is 0.0696. The van der Waals surface area contributed by atoms with Crippen LogP contribution in [0.1, 0.15) is 48.5 Å². The predicted octanol–water partition coefficient (Wildman–Crippen LogP) is 6.02. The molecule has 132 valence electrons. The number of carboxylic acid groups (broad SMARTS) is 1. The second kappa shape index (κ2) is 8.47. The van der Waals surface area contributed by atoms with Gasteiger partial charge in [0.1, 0.15) is 5.75 Å². The molecule has 0 bridgehead atoms. The largest absolute Gasteiger partial charge is 0.478 e. The quantitative estimate of drug-likeness (QED) is 0.596. The van der Waals surface area contributed by atoms with Crippen LogP contribution in [0.4, 0.5) is 4.39 Å². The molecule has 25 heavy (non-hydrogen) atoms. The molecule has 0 aliphatic heterocycles. The smallest absolute Gasteiger partial charge is 0.335 e. The van der Waals surface area contributed by atoms with E-state index in [2.05, 4.69) is 20.4 Å². The van der Waals surface area contributed by atoms with Gasteiger partial charge in [-0.1, -0.05) is 38.5 Å². The van der Waals surface area contributed by atoms with Crippen LogP contribution in [0.25, 0.3) is 0 Å². The summed E-state index contributed by atoms with van der Waals surface area (Å²) in [5.41, 5.74) is 1.09. The zero-order chi connectivity index (χ0) is 18.4. The number of benzene rings is 2. The lowest BCUT2D eigenvalue weighted by Crippen LogP contribution is -2.08. The standard InChI is InChI=1S/C21H23FO3/c1-4-6-15(5-2)14(3)16-7-10-18(11-8-16)25-20-12-9-17(21(23)24)13-19(20)22/h4,7-15H,1,5-6H2,2-3H3,(H,23,24). The Morgan fingerprint density at radius 3 is 2.48 bits per heavy atom. The van der Waals surface area contributed by atoms with Crippen molar-refractivity contribution in [3.63, 3.8) is 0 Å². The van der Waals surface area contributed by atoms with Crippen molar-refractivity contribution < 1.29 is 19.0 Å². The van der Waals surface area contributed by atoms with Crippen LogP contribution in [0.15, 0.2) is 55.1 Å². The van der Waals surface area contributed by atoms with Crippen LogP contribution in [0.2, 0.25) is 0 Å². The van der Waals surface area contributed by atoms with Crippen molar-refractivity contribution in [2.24, 2.45) is 5.92 Å². The first-order valence-electron chi connectivity index (χ1n) is 8.37. The maximum absolute atomic E-state index is 13.9. The van der Waals surface area contributed by atoms with Gasteiger partial charge in [-0.2, -0.15) is 0 Å². The Bertz CT molecular complexity index is 737. The van der Waals surface area contributed by atoms with Gasteiger partial charge in [0.05, 0.1) is 5.56 Å². The Labute approximate surface area is 147 Å². The van der Waals surface area contributed by atoms with Gasteiger partial charge in [0, 0.05) is 0 Å². The molecule has 2 atom stereocenters. The maximum atomic E-state index is 13.9. The number of aromatic carboxylic acids is 1. The fraction of sp³-hybridized carbons (Fsp3) is 0.286. The van der Waals surface area contributed by atoms with Gasteiger partial charge in [0.15, 0.2) is 11.6 Å². The highest BCUT2D eigenvalue weighted by molar-refractivity contribution is 5.87. The van der Waals surface area contributed by atoms with Crippen molar-refractivity contribution in [3.8, 4) is 11.5 Å². The van der Waals surface area contributed by atoms with E-state index >= 15 is 0 Å². The van der Waals surface area contributed by atoms with E-state index in [0.717, 1.165) is 18.9 Å². The van der Waals surface area contributed by atoms with E-state index in [-0.39, 0.29) is 11.3 Å². The minimum absolute atomic E-state index is 0.00360. The normalized spacial score (nSPS) is 13.1. The summed E-state index contributed by atoms with van der Waals surface area (Å²) in [6, 6.07) is 11.2. The van der Waals surface area contributed by atoms with E-state index in [1.54, 1.807) is 12.1 Å². The maximum Gasteiger partial charge on any atom is 0.335 e. The summed E-state index contributed by atoms with van der Waals surface area (Å²) in [6.07, 6.45) is 4.00. The van der Waals surface area contributed by atoms with Crippen LogP contribution >= 0.6 is 0 Å². The highest BCUT2D eigenvalue weighted by atomic mass is 19.1. The lowest BCUT2D eigenvalue weighted by Gasteiger charge is -2.22. The van der Waals surface area contributed by atoms with Crippen molar-refractivity contribution >= 4 is 5.97 Å². The van der Waals surface area contributed by atoms with E-state index in [1.807, 2.05) is 18.2 Å². The molecule has 0 heterocycles. The van der Waals surface area contributed by atoms with Gasteiger partial charge in [-0.15, -0.1) is 6.58 Å². The molecule has 1 N–H and O–H groups in total. The molecule has 3 nitrogen and oxygen atoms in total. The van der Waals surface area contributed by atoms with E-state index in [4.69, 9.17) is 9.84 Å². The molecule has 2 rings (SSSR count). The summed E-state index contributed by atoms with van der Waals surface area (Å²) >= 11 is 0. The number of ether oxygens (including phenoxy) is 1. The number of carboxylic acids is 1. The number of rotatable bonds is 8. The van der Waals surface area contributed by atoms with E-state index < -0.39 is 11.8 Å². The van der Waals surface area contributed by atoms with Gasteiger partial charge in [-0.05, 0) is 54.2 Å². The molecule has 0 amide bonds.